The minimum atomic E-state index is -4.32. The van der Waals surface area contributed by atoms with Crippen LogP contribution < -0.4 is 5.32 Å². The van der Waals surface area contributed by atoms with E-state index in [-0.39, 0.29) is 12.1 Å². The van der Waals surface area contributed by atoms with Crippen molar-refractivity contribution in [3.8, 4) is 0 Å². The molecule has 2 bridgehead atoms. The first-order valence-electron chi connectivity index (χ1n) is 9.88. The van der Waals surface area contributed by atoms with Crippen molar-refractivity contribution in [1.82, 2.24) is 24.6 Å². The molecule has 1 fully saturated rings. The number of rotatable bonds is 5. The van der Waals surface area contributed by atoms with Gasteiger partial charge in [-0.2, -0.15) is 18.3 Å². The molecule has 1 saturated heterocycles. The number of carbonyl (C=O) groups excluding carboxylic acids is 1. The summed E-state index contributed by atoms with van der Waals surface area (Å²) in [6, 6.07) is -0.261. The number of hydrogen-bond donors (Lipinski definition) is 1. The van der Waals surface area contributed by atoms with Crippen LogP contribution in [0, 0.1) is 6.92 Å². The molecule has 7 nitrogen and oxygen atoms in total. The molecule has 2 aliphatic rings. The summed E-state index contributed by atoms with van der Waals surface area (Å²) >= 11 is 0. The molecule has 160 valence electrons. The van der Waals surface area contributed by atoms with E-state index in [9.17, 15) is 18.0 Å². The Bertz CT molecular complexity index is 983. The summed E-state index contributed by atoms with van der Waals surface area (Å²) < 4.78 is 39.2. The highest BCUT2D eigenvalue weighted by atomic mass is 19.4. The van der Waals surface area contributed by atoms with Gasteiger partial charge in [0.1, 0.15) is 0 Å². The summed E-state index contributed by atoms with van der Waals surface area (Å²) in [5.41, 5.74) is 3.49. The van der Waals surface area contributed by atoms with Crippen LogP contribution in [0.3, 0.4) is 0 Å². The van der Waals surface area contributed by atoms with Crippen molar-refractivity contribution in [2.24, 2.45) is 7.05 Å². The largest absolute Gasteiger partial charge is 0.389 e. The highest BCUT2D eigenvalue weighted by molar-refractivity contribution is 5.80. The van der Waals surface area contributed by atoms with E-state index in [4.69, 9.17) is 0 Å². The number of amides is 1. The lowest BCUT2D eigenvalue weighted by molar-refractivity contribution is -0.150. The zero-order chi connectivity index (χ0) is 21.5. The summed E-state index contributed by atoms with van der Waals surface area (Å²) in [6.45, 7) is 1.92. The summed E-state index contributed by atoms with van der Waals surface area (Å²) in [7, 11) is 1.82. The van der Waals surface area contributed by atoms with E-state index in [0.29, 0.717) is 12.4 Å². The minimum absolute atomic E-state index is 0.0835. The second-order valence-electron chi connectivity index (χ2n) is 7.86. The van der Waals surface area contributed by atoms with Gasteiger partial charge in [-0.15, -0.1) is 0 Å². The molecular weight excluding hydrogens is 397 g/mol. The first-order chi connectivity index (χ1) is 14.2. The van der Waals surface area contributed by atoms with Crippen LogP contribution in [0.1, 0.15) is 43.4 Å². The zero-order valence-corrected chi connectivity index (χ0v) is 16.8. The second kappa shape index (κ2) is 7.73. The Hall–Kier alpha value is -2.91. The van der Waals surface area contributed by atoms with Crippen molar-refractivity contribution < 1.29 is 18.0 Å². The molecule has 4 rings (SSSR count). The van der Waals surface area contributed by atoms with E-state index >= 15 is 0 Å². The first kappa shape index (κ1) is 20.4. The van der Waals surface area contributed by atoms with Crippen LogP contribution in [0.2, 0.25) is 0 Å². The van der Waals surface area contributed by atoms with Gasteiger partial charge in [0.05, 0.1) is 30.0 Å². The van der Waals surface area contributed by atoms with Crippen LogP contribution in [0.4, 0.5) is 24.8 Å². The van der Waals surface area contributed by atoms with Gasteiger partial charge < -0.3 is 10.2 Å². The van der Waals surface area contributed by atoms with Gasteiger partial charge >= 0.3 is 6.18 Å². The third kappa shape index (κ3) is 4.31. The third-order valence-electron chi connectivity index (χ3n) is 5.54. The number of anilines is 2. The van der Waals surface area contributed by atoms with E-state index in [2.05, 4.69) is 20.4 Å². The van der Waals surface area contributed by atoms with Crippen molar-refractivity contribution in [2.45, 2.75) is 57.3 Å². The second-order valence-corrected chi connectivity index (χ2v) is 7.86. The summed E-state index contributed by atoms with van der Waals surface area (Å²) in [5, 5.41) is 7.23. The monoisotopic (exact) mass is 420 g/mol. The average molecular weight is 420 g/mol. The maximum absolute atomic E-state index is 12.5. The quantitative estimate of drug-likeness (QED) is 0.797. The van der Waals surface area contributed by atoms with Crippen molar-refractivity contribution in [2.75, 3.05) is 5.32 Å². The lowest BCUT2D eigenvalue weighted by Gasteiger charge is -2.34. The number of nitrogens with one attached hydrogen (secondary N) is 1. The van der Waals surface area contributed by atoms with Gasteiger partial charge in [-0.1, -0.05) is 6.08 Å². The molecule has 0 spiro atoms. The van der Waals surface area contributed by atoms with Crippen molar-refractivity contribution >= 4 is 23.1 Å². The van der Waals surface area contributed by atoms with E-state index < -0.39 is 24.9 Å². The van der Waals surface area contributed by atoms with Crippen LogP contribution in [0.5, 0.6) is 0 Å². The summed E-state index contributed by atoms with van der Waals surface area (Å²) in [6.07, 6.45) is 3.45. The Morgan fingerprint density at radius 3 is 2.77 bits per heavy atom. The lowest BCUT2D eigenvalue weighted by atomic mass is 9.96. The van der Waals surface area contributed by atoms with Gasteiger partial charge in [0.15, 0.2) is 0 Å². The summed E-state index contributed by atoms with van der Waals surface area (Å²) in [4.78, 5) is 23.0. The standard InChI is InChI=1S/C20H23F3N6O/c1-12-9-24-19(26-14-10-25-28(2)11-14)27-18(12)13-7-15-3-4-16(8-13)29(15)17(30)5-6-20(21,22)23/h7,9-11,15-16H,3-6,8H2,1-2H3,(H,24,26,27)/t15-,16+/m0/s1. The molecule has 1 amide bonds. The Balaban J connectivity index is 1.53. The normalized spacial score (nSPS) is 21.0. The predicted molar refractivity (Wildman–Crippen MR) is 105 cm³/mol. The van der Waals surface area contributed by atoms with Crippen LogP contribution in [0.25, 0.3) is 5.57 Å². The molecule has 4 heterocycles. The van der Waals surface area contributed by atoms with Gasteiger partial charge in [0.25, 0.3) is 0 Å². The van der Waals surface area contributed by atoms with E-state index in [1.54, 1.807) is 22.0 Å². The molecule has 0 radical (unpaired) electrons. The lowest BCUT2D eigenvalue weighted by Crippen LogP contribution is -2.43. The molecule has 1 N–H and O–H groups in total. The average Bonchev–Trinajstić information content (AvgIpc) is 3.20. The highest BCUT2D eigenvalue weighted by Crippen LogP contribution is 2.39. The Kier molecular flexibility index (Phi) is 5.25. The number of aryl methyl sites for hydroxylation is 2. The maximum atomic E-state index is 12.5. The SMILES string of the molecule is Cc1cnc(Nc2cnn(C)c2)nc1C1=C[C@@H]2CC[C@H](C1)N2C(=O)CCC(F)(F)F. The molecule has 30 heavy (non-hydrogen) atoms. The molecule has 0 saturated carbocycles. The number of aromatic nitrogens is 4. The highest BCUT2D eigenvalue weighted by Gasteiger charge is 2.41. The number of halogens is 3. The van der Waals surface area contributed by atoms with Crippen LogP contribution >= 0.6 is 0 Å². The fourth-order valence-corrected chi connectivity index (χ4v) is 4.21. The predicted octanol–water partition coefficient (Wildman–Crippen LogP) is 3.75. The number of hydrogen-bond acceptors (Lipinski definition) is 5. The summed E-state index contributed by atoms with van der Waals surface area (Å²) in [5.74, 6) is 0.0222. The van der Waals surface area contributed by atoms with E-state index in [1.807, 2.05) is 26.2 Å². The molecule has 2 aliphatic heterocycles. The topological polar surface area (TPSA) is 75.9 Å². The van der Waals surface area contributed by atoms with Gasteiger partial charge in [-0.25, -0.2) is 9.97 Å². The Labute approximate surface area is 172 Å². The maximum Gasteiger partial charge on any atom is 0.389 e. The Morgan fingerprint density at radius 2 is 2.10 bits per heavy atom. The van der Waals surface area contributed by atoms with Gasteiger partial charge in [-0.05, 0) is 37.3 Å². The molecular formula is C20H23F3N6O. The molecule has 2 aromatic rings. The van der Waals surface area contributed by atoms with Crippen LogP contribution in [0.15, 0.2) is 24.7 Å². The van der Waals surface area contributed by atoms with Crippen molar-refractivity contribution in [1.29, 1.82) is 0 Å². The number of fused-ring (bicyclic) bond motifs is 2. The van der Waals surface area contributed by atoms with E-state index in [1.165, 1.54) is 0 Å². The molecule has 2 aromatic heterocycles. The number of carbonyl (C=O) groups is 1. The fourth-order valence-electron chi connectivity index (χ4n) is 4.21. The van der Waals surface area contributed by atoms with Gasteiger partial charge in [0.2, 0.25) is 11.9 Å². The molecule has 0 aliphatic carbocycles. The minimum Gasteiger partial charge on any atom is -0.333 e. The van der Waals surface area contributed by atoms with Crippen LogP contribution in [-0.4, -0.2) is 48.8 Å². The number of alkyl halides is 3. The van der Waals surface area contributed by atoms with Crippen LogP contribution in [-0.2, 0) is 11.8 Å². The van der Waals surface area contributed by atoms with E-state index in [0.717, 1.165) is 35.4 Å². The molecule has 10 heteroatoms. The fraction of sp³-hybridized carbons (Fsp3) is 0.500. The molecule has 0 unspecified atom stereocenters. The van der Waals surface area contributed by atoms with Crippen molar-refractivity contribution in [3.63, 3.8) is 0 Å². The van der Waals surface area contributed by atoms with Gasteiger partial charge in [-0.3, -0.25) is 9.48 Å². The first-order valence-corrected chi connectivity index (χ1v) is 9.88. The van der Waals surface area contributed by atoms with Gasteiger partial charge in [0, 0.05) is 31.9 Å². The molecule has 2 atom stereocenters. The zero-order valence-electron chi connectivity index (χ0n) is 16.8. The van der Waals surface area contributed by atoms with Crippen molar-refractivity contribution in [3.05, 3.63) is 35.9 Å². The third-order valence-corrected chi connectivity index (χ3v) is 5.54. The molecule has 0 aromatic carbocycles. The number of nitrogens with zero attached hydrogens (tertiary/aromatic N) is 5. The Morgan fingerprint density at radius 1 is 1.30 bits per heavy atom. The smallest absolute Gasteiger partial charge is 0.333 e.